The first-order valence-corrected chi connectivity index (χ1v) is 6.95. The van der Waals surface area contributed by atoms with Gasteiger partial charge in [0, 0.05) is 27.9 Å². The van der Waals surface area contributed by atoms with Crippen molar-refractivity contribution in [3.05, 3.63) is 26.6 Å². The van der Waals surface area contributed by atoms with Gasteiger partial charge in [-0.25, -0.2) is 9.97 Å². The molecule has 0 bridgehead atoms. The average Bonchev–Trinajstić information content (AvgIpc) is 2.72. The Hall–Kier alpha value is -0.100. The van der Waals surface area contributed by atoms with Gasteiger partial charge in [-0.15, -0.1) is 22.7 Å². The highest BCUT2D eigenvalue weighted by Crippen LogP contribution is 2.29. The van der Waals surface area contributed by atoms with Gasteiger partial charge in [0.2, 0.25) is 0 Å². The maximum Gasteiger partial charge on any atom is 0.183 e. The molecule has 0 saturated carbocycles. The van der Waals surface area contributed by atoms with Crippen LogP contribution in [0.25, 0.3) is 0 Å². The molecule has 0 aliphatic rings. The lowest BCUT2D eigenvalue weighted by molar-refractivity contribution is 1.16. The monoisotopic (exact) mass is 262 g/mol. The van der Waals surface area contributed by atoms with Crippen molar-refractivity contribution >= 4 is 46.0 Å². The summed E-state index contributed by atoms with van der Waals surface area (Å²) in [5, 5.41) is 2.06. The van der Waals surface area contributed by atoms with Crippen molar-refractivity contribution in [1.82, 2.24) is 9.97 Å². The Labute approximate surface area is 99.4 Å². The van der Waals surface area contributed by atoms with Crippen LogP contribution in [0.4, 0.5) is 0 Å². The molecule has 0 radical (unpaired) electrons. The number of rotatable bonds is 3. The largest absolute Gasteiger partial charge is 0.235 e. The van der Waals surface area contributed by atoms with Gasteiger partial charge >= 0.3 is 0 Å². The number of aromatic nitrogens is 2. The predicted molar refractivity (Wildman–Crippen MR) is 63.5 cm³/mol. The topological polar surface area (TPSA) is 25.8 Å². The SMILES string of the molecule is Cc1csc(SCc2cnc(Cl)s2)n1. The standard InChI is InChI=1S/C8H7ClN2S3/c1-5-3-12-8(11-5)13-4-6-2-10-7(9)14-6/h2-3H,4H2,1H3. The summed E-state index contributed by atoms with van der Waals surface area (Å²) in [7, 11) is 0. The van der Waals surface area contributed by atoms with E-state index >= 15 is 0 Å². The first-order valence-electron chi connectivity index (χ1n) is 3.89. The van der Waals surface area contributed by atoms with Crippen LogP contribution in [0.15, 0.2) is 15.9 Å². The molecule has 0 spiro atoms. The van der Waals surface area contributed by atoms with E-state index in [0.717, 1.165) is 15.8 Å². The smallest absolute Gasteiger partial charge is 0.183 e. The van der Waals surface area contributed by atoms with Crippen LogP contribution in [-0.2, 0) is 5.75 Å². The number of hydrogen-bond donors (Lipinski definition) is 0. The van der Waals surface area contributed by atoms with Gasteiger partial charge in [-0.1, -0.05) is 23.4 Å². The normalized spacial score (nSPS) is 10.7. The molecule has 0 N–H and O–H groups in total. The van der Waals surface area contributed by atoms with Crippen LogP contribution < -0.4 is 0 Å². The fourth-order valence-electron chi connectivity index (χ4n) is 0.882. The van der Waals surface area contributed by atoms with Crippen molar-refractivity contribution in [2.45, 2.75) is 17.0 Å². The second-order valence-corrected chi connectivity index (χ2v) is 6.40. The maximum atomic E-state index is 5.73. The Balaban J connectivity index is 1.94. The molecule has 0 aliphatic carbocycles. The van der Waals surface area contributed by atoms with Crippen LogP contribution in [0.5, 0.6) is 0 Å². The van der Waals surface area contributed by atoms with E-state index in [2.05, 4.69) is 15.3 Å². The summed E-state index contributed by atoms with van der Waals surface area (Å²) in [6, 6.07) is 0. The molecule has 0 saturated heterocycles. The first kappa shape index (κ1) is 10.4. The summed E-state index contributed by atoms with van der Waals surface area (Å²) in [4.78, 5) is 9.54. The van der Waals surface area contributed by atoms with Crippen molar-refractivity contribution in [2.75, 3.05) is 0 Å². The molecular formula is C8H7ClN2S3. The van der Waals surface area contributed by atoms with E-state index < -0.39 is 0 Å². The van der Waals surface area contributed by atoms with E-state index in [-0.39, 0.29) is 0 Å². The summed E-state index contributed by atoms with van der Waals surface area (Å²) in [5.41, 5.74) is 1.08. The third-order valence-electron chi connectivity index (χ3n) is 1.46. The summed E-state index contributed by atoms with van der Waals surface area (Å²) in [5.74, 6) is 0.900. The van der Waals surface area contributed by atoms with Gasteiger partial charge in [-0.3, -0.25) is 0 Å². The number of hydrogen-bond acceptors (Lipinski definition) is 5. The highest BCUT2D eigenvalue weighted by atomic mass is 35.5. The molecule has 0 atom stereocenters. The Bertz CT molecular complexity index is 383. The van der Waals surface area contributed by atoms with E-state index in [1.807, 2.05) is 13.1 Å². The lowest BCUT2D eigenvalue weighted by Gasteiger charge is -1.91. The molecule has 0 amide bonds. The van der Waals surface area contributed by atoms with Crippen molar-refractivity contribution in [1.29, 1.82) is 0 Å². The second-order valence-electron chi connectivity index (χ2n) is 2.62. The van der Waals surface area contributed by atoms with Gasteiger partial charge in [0.1, 0.15) is 4.34 Å². The van der Waals surface area contributed by atoms with Crippen LogP contribution in [0.3, 0.4) is 0 Å². The third kappa shape index (κ3) is 2.70. The van der Waals surface area contributed by atoms with Gasteiger partial charge in [0.15, 0.2) is 4.47 Å². The summed E-state index contributed by atoms with van der Waals surface area (Å²) in [6.45, 7) is 2.00. The van der Waals surface area contributed by atoms with E-state index in [1.165, 1.54) is 16.2 Å². The molecule has 6 heteroatoms. The average molecular weight is 263 g/mol. The summed E-state index contributed by atoms with van der Waals surface area (Å²) in [6.07, 6.45) is 1.82. The molecule has 0 unspecified atom stereocenters. The molecule has 2 nitrogen and oxygen atoms in total. The van der Waals surface area contributed by atoms with Crippen molar-refractivity contribution in [3.8, 4) is 0 Å². The maximum absolute atomic E-state index is 5.73. The molecule has 14 heavy (non-hydrogen) atoms. The number of nitrogens with zero attached hydrogens (tertiary/aromatic N) is 2. The van der Waals surface area contributed by atoms with E-state index in [9.17, 15) is 0 Å². The fraction of sp³-hybridized carbons (Fsp3) is 0.250. The minimum absolute atomic E-state index is 0.607. The van der Waals surface area contributed by atoms with E-state index in [4.69, 9.17) is 11.6 Å². The molecule has 0 aliphatic heterocycles. The highest BCUT2D eigenvalue weighted by molar-refractivity contribution is 8.00. The van der Waals surface area contributed by atoms with Gasteiger partial charge in [-0.2, -0.15) is 0 Å². The minimum atomic E-state index is 0.607. The Morgan fingerprint density at radius 3 is 3.00 bits per heavy atom. The zero-order valence-electron chi connectivity index (χ0n) is 7.36. The van der Waals surface area contributed by atoms with Crippen molar-refractivity contribution in [3.63, 3.8) is 0 Å². The first-order chi connectivity index (χ1) is 6.74. The molecule has 74 valence electrons. The Morgan fingerprint density at radius 1 is 1.57 bits per heavy atom. The van der Waals surface area contributed by atoms with Crippen molar-refractivity contribution in [2.24, 2.45) is 0 Å². The Morgan fingerprint density at radius 2 is 2.43 bits per heavy atom. The van der Waals surface area contributed by atoms with Gasteiger partial charge < -0.3 is 0 Å². The molecular weight excluding hydrogens is 256 g/mol. The van der Waals surface area contributed by atoms with Gasteiger partial charge in [0.05, 0.1) is 0 Å². The summed E-state index contributed by atoms with van der Waals surface area (Å²) >= 11 is 10.7. The zero-order valence-corrected chi connectivity index (χ0v) is 10.6. The minimum Gasteiger partial charge on any atom is -0.235 e. The van der Waals surface area contributed by atoms with E-state index in [0.29, 0.717) is 4.47 Å². The van der Waals surface area contributed by atoms with Crippen LogP contribution >= 0.6 is 46.0 Å². The lowest BCUT2D eigenvalue weighted by Crippen LogP contribution is -1.74. The third-order valence-corrected chi connectivity index (χ3v) is 4.95. The van der Waals surface area contributed by atoms with E-state index in [1.54, 1.807) is 23.1 Å². The molecule has 0 aromatic carbocycles. The van der Waals surface area contributed by atoms with Crippen molar-refractivity contribution < 1.29 is 0 Å². The molecule has 2 aromatic heterocycles. The number of thioether (sulfide) groups is 1. The summed E-state index contributed by atoms with van der Waals surface area (Å²) < 4.78 is 1.71. The van der Waals surface area contributed by atoms with Crippen LogP contribution in [0.1, 0.15) is 10.6 Å². The molecule has 0 fully saturated rings. The number of thiazole rings is 2. The lowest BCUT2D eigenvalue weighted by atomic mass is 10.6. The number of halogens is 1. The van der Waals surface area contributed by atoms with Gasteiger partial charge in [-0.05, 0) is 6.92 Å². The molecule has 2 rings (SSSR count). The van der Waals surface area contributed by atoms with Crippen LogP contribution in [-0.4, -0.2) is 9.97 Å². The second kappa shape index (κ2) is 4.61. The quantitative estimate of drug-likeness (QED) is 0.786. The highest BCUT2D eigenvalue weighted by Gasteiger charge is 2.03. The fourth-order valence-corrected chi connectivity index (χ4v) is 3.73. The number of aryl methyl sites for hydroxylation is 1. The van der Waals surface area contributed by atoms with Crippen LogP contribution in [0.2, 0.25) is 4.47 Å². The van der Waals surface area contributed by atoms with Gasteiger partial charge in [0.25, 0.3) is 0 Å². The van der Waals surface area contributed by atoms with Crippen LogP contribution in [0, 0.1) is 6.92 Å². The Kier molecular flexibility index (Phi) is 3.43. The molecule has 2 aromatic rings. The zero-order chi connectivity index (χ0) is 9.97. The molecule has 2 heterocycles. The predicted octanol–water partition coefficient (Wildman–Crippen LogP) is 3.85.